The quantitative estimate of drug-likeness (QED) is 0.617. The minimum Gasteiger partial charge on any atom is -0.495 e. The molecule has 0 aliphatic heterocycles. The second-order valence-electron chi connectivity index (χ2n) is 2.36. The van der Waals surface area contributed by atoms with Gasteiger partial charge in [-0.25, -0.2) is 0 Å². The van der Waals surface area contributed by atoms with Gasteiger partial charge in [-0.2, -0.15) is 10.5 Å². The van der Waals surface area contributed by atoms with E-state index in [4.69, 9.17) is 15.3 Å². The van der Waals surface area contributed by atoms with E-state index in [1.165, 1.54) is 7.11 Å². The first-order valence-corrected chi connectivity index (χ1v) is 3.80. The van der Waals surface area contributed by atoms with Crippen LogP contribution < -0.4 is 4.74 Å². The lowest BCUT2D eigenvalue weighted by Crippen LogP contribution is -1.90. The van der Waals surface area contributed by atoms with Crippen LogP contribution in [0, 0.1) is 34.5 Å². The first-order valence-electron chi connectivity index (χ1n) is 3.80. The Morgan fingerprint density at radius 3 is 2.64 bits per heavy atom. The summed E-state index contributed by atoms with van der Waals surface area (Å²) in [7, 11) is 1.48. The van der Waals surface area contributed by atoms with E-state index >= 15 is 0 Å². The molecule has 0 aliphatic rings. The smallest absolute Gasteiger partial charge is 0.152 e. The Morgan fingerprint density at radius 1 is 1.29 bits per heavy atom. The summed E-state index contributed by atoms with van der Waals surface area (Å²) >= 11 is 0. The molecule has 0 saturated carbocycles. The maximum absolute atomic E-state index is 8.85. The minimum atomic E-state index is 0.359. The molecule has 0 unspecified atom stereocenters. The highest BCUT2D eigenvalue weighted by Crippen LogP contribution is 2.20. The van der Waals surface area contributed by atoms with Crippen LogP contribution in [0.3, 0.4) is 0 Å². The molecular formula is C11H6N2O. The van der Waals surface area contributed by atoms with Gasteiger partial charge in [0.1, 0.15) is 17.4 Å². The molecule has 0 bridgehead atoms. The number of hydrogen-bond donors (Lipinski definition) is 0. The van der Waals surface area contributed by atoms with Crippen molar-refractivity contribution in [2.45, 2.75) is 0 Å². The molecule has 0 atom stereocenters. The van der Waals surface area contributed by atoms with Crippen LogP contribution in [-0.2, 0) is 0 Å². The molecule has 0 fully saturated rings. The summed E-state index contributed by atoms with van der Waals surface area (Å²) in [6.45, 7) is 0. The normalized spacial score (nSPS) is 7.64. The van der Waals surface area contributed by atoms with Crippen molar-refractivity contribution in [2.75, 3.05) is 7.11 Å². The lowest BCUT2D eigenvalue weighted by atomic mass is 10.1. The van der Waals surface area contributed by atoms with E-state index in [-0.39, 0.29) is 0 Å². The molecule has 0 aromatic heterocycles. The molecule has 0 saturated heterocycles. The number of nitrogens with zero attached hydrogens (tertiary/aromatic N) is 2. The molecule has 0 radical (unpaired) electrons. The topological polar surface area (TPSA) is 56.8 Å². The number of benzene rings is 1. The fraction of sp³-hybridized carbons (Fsp3) is 0.0909. The van der Waals surface area contributed by atoms with E-state index in [0.717, 1.165) is 0 Å². The van der Waals surface area contributed by atoms with Crippen molar-refractivity contribution in [1.82, 2.24) is 0 Å². The highest BCUT2D eigenvalue weighted by Gasteiger charge is 2.05. The van der Waals surface area contributed by atoms with E-state index < -0.39 is 0 Å². The van der Waals surface area contributed by atoms with Gasteiger partial charge in [0.2, 0.25) is 0 Å². The van der Waals surface area contributed by atoms with Gasteiger partial charge in [0.15, 0.2) is 6.07 Å². The molecule has 3 heteroatoms. The summed E-state index contributed by atoms with van der Waals surface area (Å²) in [5.74, 6) is 5.28. The van der Waals surface area contributed by atoms with Gasteiger partial charge >= 0.3 is 0 Å². The van der Waals surface area contributed by atoms with Crippen molar-refractivity contribution in [3.63, 3.8) is 0 Å². The lowest BCUT2D eigenvalue weighted by Gasteiger charge is -2.02. The largest absolute Gasteiger partial charge is 0.495 e. The van der Waals surface area contributed by atoms with Crippen molar-refractivity contribution < 1.29 is 4.74 Å². The molecule has 3 nitrogen and oxygen atoms in total. The van der Waals surface area contributed by atoms with Crippen LogP contribution in [-0.4, -0.2) is 7.11 Å². The Labute approximate surface area is 82.2 Å². The van der Waals surface area contributed by atoms with Crippen LogP contribution in [0.5, 0.6) is 5.75 Å². The van der Waals surface area contributed by atoms with E-state index in [9.17, 15) is 0 Å². The number of rotatable bonds is 1. The maximum atomic E-state index is 8.85. The Morgan fingerprint density at radius 2 is 2.07 bits per heavy atom. The molecule has 14 heavy (non-hydrogen) atoms. The molecule has 0 N–H and O–H groups in total. The average Bonchev–Trinajstić information content (AvgIpc) is 2.25. The van der Waals surface area contributed by atoms with Gasteiger partial charge in [0.25, 0.3) is 0 Å². The van der Waals surface area contributed by atoms with Crippen LogP contribution in [0.4, 0.5) is 0 Å². The molecule has 66 valence electrons. The molecule has 0 heterocycles. The van der Waals surface area contributed by atoms with Gasteiger partial charge in [0.05, 0.1) is 7.11 Å². The van der Waals surface area contributed by atoms with Crippen LogP contribution in [0.25, 0.3) is 0 Å². The molecule has 0 amide bonds. The van der Waals surface area contributed by atoms with Crippen molar-refractivity contribution in [2.24, 2.45) is 0 Å². The fourth-order valence-electron chi connectivity index (χ4n) is 1.02. The summed E-state index contributed by atoms with van der Waals surface area (Å²) in [5, 5.41) is 17.1. The second-order valence-corrected chi connectivity index (χ2v) is 2.36. The van der Waals surface area contributed by atoms with Crippen molar-refractivity contribution >= 4 is 0 Å². The van der Waals surface area contributed by atoms with E-state index in [1.807, 2.05) is 6.07 Å². The van der Waals surface area contributed by atoms with Gasteiger partial charge in [-0.3, -0.25) is 0 Å². The van der Waals surface area contributed by atoms with Crippen LogP contribution in [0.1, 0.15) is 11.1 Å². The third-order valence-electron chi connectivity index (χ3n) is 1.61. The molecule has 1 rings (SSSR count). The minimum absolute atomic E-state index is 0.359. The maximum Gasteiger partial charge on any atom is 0.152 e. The molecule has 0 spiro atoms. The number of methoxy groups -OCH3 is 1. The van der Waals surface area contributed by atoms with Gasteiger partial charge < -0.3 is 4.74 Å². The van der Waals surface area contributed by atoms with Crippen LogP contribution >= 0.6 is 0 Å². The van der Waals surface area contributed by atoms with Gasteiger partial charge in [-0.1, -0.05) is 6.07 Å². The highest BCUT2D eigenvalue weighted by molar-refractivity contribution is 5.56. The van der Waals surface area contributed by atoms with Crippen LogP contribution in [0.15, 0.2) is 18.2 Å². The van der Waals surface area contributed by atoms with Gasteiger partial charge in [-0.05, 0) is 18.1 Å². The summed E-state index contributed by atoms with van der Waals surface area (Å²) in [5.41, 5.74) is 0.867. The Hall–Kier alpha value is -2.44. The fourth-order valence-corrected chi connectivity index (χ4v) is 1.02. The first kappa shape index (κ1) is 9.65. The second kappa shape index (κ2) is 4.55. The monoisotopic (exact) mass is 182 g/mol. The first-order chi connectivity index (χ1) is 6.83. The Kier molecular flexibility index (Phi) is 3.14. The van der Waals surface area contributed by atoms with Crippen molar-refractivity contribution in [1.29, 1.82) is 10.5 Å². The summed E-state index contributed by atoms with van der Waals surface area (Å²) in [4.78, 5) is 0. The zero-order valence-corrected chi connectivity index (χ0v) is 7.53. The van der Waals surface area contributed by atoms with Crippen molar-refractivity contribution in [3.05, 3.63) is 29.3 Å². The summed E-state index contributed by atoms with van der Waals surface area (Å²) in [6.07, 6.45) is 0. The van der Waals surface area contributed by atoms with Crippen LogP contribution in [0.2, 0.25) is 0 Å². The van der Waals surface area contributed by atoms with E-state index in [2.05, 4.69) is 11.8 Å². The Bertz CT molecular complexity index is 481. The zero-order chi connectivity index (χ0) is 10.4. The van der Waals surface area contributed by atoms with E-state index in [0.29, 0.717) is 16.9 Å². The number of ether oxygens (including phenoxy) is 1. The lowest BCUT2D eigenvalue weighted by molar-refractivity contribution is 0.413. The molecule has 1 aromatic carbocycles. The van der Waals surface area contributed by atoms with E-state index in [1.54, 1.807) is 24.3 Å². The molecular weight excluding hydrogens is 176 g/mol. The highest BCUT2D eigenvalue weighted by atomic mass is 16.5. The summed E-state index contributed by atoms with van der Waals surface area (Å²) < 4.78 is 4.98. The molecule has 0 aliphatic carbocycles. The predicted molar refractivity (Wildman–Crippen MR) is 50.2 cm³/mol. The molecule has 1 aromatic rings. The summed E-state index contributed by atoms with van der Waals surface area (Å²) in [6, 6.07) is 8.75. The van der Waals surface area contributed by atoms with Crippen molar-refractivity contribution in [3.8, 4) is 29.7 Å². The van der Waals surface area contributed by atoms with Gasteiger partial charge in [-0.15, -0.1) is 0 Å². The third kappa shape index (κ3) is 1.83. The predicted octanol–water partition coefficient (Wildman–Crippen LogP) is 1.44. The third-order valence-corrected chi connectivity index (χ3v) is 1.61. The zero-order valence-electron chi connectivity index (χ0n) is 7.53. The Balaban J connectivity index is 3.33. The number of nitriles is 2. The number of hydrogen-bond acceptors (Lipinski definition) is 3. The SMILES string of the molecule is COc1cccc(C#CC#N)c1C#N. The van der Waals surface area contributed by atoms with Gasteiger partial charge in [0, 0.05) is 11.5 Å². The average molecular weight is 182 g/mol. The standard InChI is InChI=1S/C11H6N2O/c1-14-11-6-2-4-9(5-3-7-12)10(11)8-13/h2,4,6H,1H3.